The van der Waals surface area contributed by atoms with Gasteiger partial charge in [0.2, 0.25) is 0 Å². The fraction of sp³-hybridized carbons (Fsp3) is 0.0714. The summed E-state index contributed by atoms with van der Waals surface area (Å²) in [6.45, 7) is 1.62. The third-order valence-electron chi connectivity index (χ3n) is 2.71. The van der Waals surface area contributed by atoms with Crippen molar-refractivity contribution in [1.82, 2.24) is 0 Å². The highest BCUT2D eigenvalue weighted by Crippen LogP contribution is 2.29. The quantitative estimate of drug-likeness (QED) is 0.880. The van der Waals surface area contributed by atoms with Gasteiger partial charge < -0.3 is 5.11 Å². The number of rotatable bonds is 2. The maximum absolute atomic E-state index is 13.6. The van der Waals surface area contributed by atoms with Crippen molar-refractivity contribution in [2.24, 2.45) is 0 Å². The van der Waals surface area contributed by atoms with Gasteiger partial charge >= 0.3 is 5.97 Å². The van der Waals surface area contributed by atoms with Crippen molar-refractivity contribution >= 4 is 5.97 Å². The van der Waals surface area contributed by atoms with Crippen LogP contribution in [0.15, 0.2) is 36.4 Å². The molecule has 0 saturated carbocycles. The summed E-state index contributed by atoms with van der Waals surface area (Å²) in [6, 6.07) is 7.77. The number of carboxylic acid groups (broad SMARTS) is 1. The second-order valence-electron chi connectivity index (χ2n) is 3.93. The Labute approximate surface area is 103 Å². The number of hydrogen-bond donors (Lipinski definition) is 1. The van der Waals surface area contributed by atoms with Gasteiger partial charge in [-0.05, 0) is 42.3 Å². The van der Waals surface area contributed by atoms with Gasteiger partial charge in [-0.1, -0.05) is 12.1 Å². The van der Waals surface area contributed by atoms with Gasteiger partial charge in [0.25, 0.3) is 0 Å². The number of aryl methyl sites for hydroxylation is 1. The lowest BCUT2D eigenvalue weighted by atomic mass is 9.97. The van der Waals surface area contributed by atoms with Crippen LogP contribution in [0.3, 0.4) is 0 Å². The Morgan fingerprint density at radius 2 is 1.72 bits per heavy atom. The van der Waals surface area contributed by atoms with E-state index in [2.05, 4.69) is 0 Å². The van der Waals surface area contributed by atoms with E-state index in [1.165, 1.54) is 36.4 Å². The molecule has 4 heteroatoms. The molecule has 0 unspecified atom stereocenters. The summed E-state index contributed by atoms with van der Waals surface area (Å²) in [4.78, 5) is 10.8. The van der Waals surface area contributed by atoms with Crippen molar-refractivity contribution in [3.05, 3.63) is 59.2 Å². The maximum atomic E-state index is 13.6. The van der Waals surface area contributed by atoms with Crippen molar-refractivity contribution in [1.29, 1.82) is 0 Å². The first-order valence-corrected chi connectivity index (χ1v) is 5.29. The Balaban J connectivity index is 2.62. The zero-order valence-electron chi connectivity index (χ0n) is 9.58. The van der Waals surface area contributed by atoms with Crippen LogP contribution in [0, 0.1) is 18.6 Å². The first-order chi connectivity index (χ1) is 8.50. The van der Waals surface area contributed by atoms with Crippen molar-refractivity contribution in [3.8, 4) is 11.1 Å². The highest BCUT2D eigenvalue weighted by atomic mass is 19.1. The molecule has 0 aliphatic rings. The van der Waals surface area contributed by atoms with Crippen molar-refractivity contribution < 1.29 is 18.7 Å². The highest BCUT2D eigenvalue weighted by molar-refractivity contribution is 5.89. The molecule has 0 heterocycles. The molecule has 18 heavy (non-hydrogen) atoms. The van der Waals surface area contributed by atoms with Crippen molar-refractivity contribution in [2.45, 2.75) is 6.92 Å². The van der Waals surface area contributed by atoms with Gasteiger partial charge in [0.1, 0.15) is 11.6 Å². The first-order valence-electron chi connectivity index (χ1n) is 5.29. The lowest BCUT2D eigenvalue weighted by molar-refractivity contribution is 0.0697. The average molecular weight is 248 g/mol. The molecule has 0 spiro atoms. The van der Waals surface area contributed by atoms with Crippen LogP contribution in [0.1, 0.15) is 15.9 Å². The van der Waals surface area contributed by atoms with E-state index >= 15 is 0 Å². The fourth-order valence-electron chi connectivity index (χ4n) is 1.83. The Morgan fingerprint density at radius 3 is 2.22 bits per heavy atom. The Morgan fingerprint density at radius 1 is 1.11 bits per heavy atom. The van der Waals surface area contributed by atoms with Gasteiger partial charge in [-0.25, -0.2) is 13.6 Å². The predicted octanol–water partition coefficient (Wildman–Crippen LogP) is 3.64. The van der Waals surface area contributed by atoms with E-state index in [-0.39, 0.29) is 11.1 Å². The summed E-state index contributed by atoms with van der Waals surface area (Å²) in [7, 11) is 0. The minimum atomic E-state index is -1.07. The number of carbonyl (C=O) groups is 1. The van der Waals surface area contributed by atoms with Crippen LogP contribution in [0.25, 0.3) is 11.1 Å². The standard InChI is InChI=1S/C14H10F2O2/c1-8-7-9(14(17)18)5-6-10(8)13-11(15)3-2-4-12(13)16/h2-7H,1H3,(H,17,18). The SMILES string of the molecule is Cc1cc(C(=O)O)ccc1-c1c(F)cccc1F. The van der Waals surface area contributed by atoms with Gasteiger partial charge in [0.05, 0.1) is 11.1 Å². The number of hydrogen-bond acceptors (Lipinski definition) is 1. The third kappa shape index (κ3) is 2.09. The van der Waals surface area contributed by atoms with E-state index in [9.17, 15) is 13.6 Å². The first kappa shape index (κ1) is 12.2. The molecule has 2 rings (SSSR count). The zero-order valence-corrected chi connectivity index (χ0v) is 9.58. The largest absolute Gasteiger partial charge is 0.478 e. The summed E-state index contributed by atoms with van der Waals surface area (Å²) in [5.41, 5.74) is 0.828. The van der Waals surface area contributed by atoms with Gasteiger partial charge in [-0.15, -0.1) is 0 Å². The van der Waals surface area contributed by atoms with Crippen molar-refractivity contribution in [2.75, 3.05) is 0 Å². The minimum Gasteiger partial charge on any atom is -0.478 e. The molecular weight excluding hydrogens is 238 g/mol. The van der Waals surface area contributed by atoms with Crippen molar-refractivity contribution in [3.63, 3.8) is 0 Å². The highest BCUT2D eigenvalue weighted by Gasteiger charge is 2.14. The van der Waals surface area contributed by atoms with E-state index in [1.54, 1.807) is 6.92 Å². The minimum absolute atomic E-state index is 0.0907. The summed E-state index contributed by atoms with van der Waals surface area (Å²) >= 11 is 0. The number of aromatic carboxylic acids is 1. The molecule has 2 aromatic carbocycles. The molecule has 0 radical (unpaired) electrons. The second kappa shape index (κ2) is 4.56. The molecule has 92 valence electrons. The smallest absolute Gasteiger partial charge is 0.335 e. The van der Waals surface area contributed by atoms with E-state index < -0.39 is 17.6 Å². The Bertz CT molecular complexity index is 601. The maximum Gasteiger partial charge on any atom is 0.335 e. The average Bonchev–Trinajstić information content (AvgIpc) is 2.30. The molecule has 2 aromatic rings. The van der Waals surface area contributed by atoms with Crippen LogP contribution in [0.2, 0.25) is 0 Å². The molecule has 0 aromatic heterocycles. The normalized spacial score (nSPS) is 10.4. The summed E-state index contributed by atoms with van der Waals surface area (Å²) in [6.07, 6.45) is 0. The molecule has 0 saturated heterocycles. The summed E-state index contributed by atoms with van der Waals surface area (Å²) < 4.78 is 27.2. The van der Waals surface area contributed by atoms with Gasteiger partial charge in [-0.2, -0.15) is 0 Å². The van der Waals surface area contributed by atoms with E-state index in [0.717, 1.165) is 0 Å². The molecule has 0 atom stereocenters. The van der Waals surface area contributed by atoms with Gasteiger partial charge in [-0.3, -0.25) is 0 Å². The Hall–Kier alpha value is -2.23. The van der Waals surface area contributed by atoms with Crippen LogP contribution in [0.5, 0.6) is 0 Å². The van der Waals surface area contributed by atoms with Gasteiger partial charge in [0, 0.05) is 0 Å². The third-order valence-corrected chi connectivity index (χ3v) is 2.71. The van der Waals surface area contributed by atoms with Crippen LogP contribution in [-0.2, 0) is 0 Å². The monoisotopic (exact) mass is 248 g/mol. The topological polar surface area (TPSA) is 37.3 Å². The molecule has 0 aliphatic carbocycles. The molecule has 0 bridgehead atoms. The Kier molecular flexibility index (Phi) is 3.10. The summed E-state index contributed by atoms with van der Waals surface area (Å²) in [5.74, 6) is -2.40. The van der Waals surface area contributed by atoms with E-state index in [1.807, 2.05) is 0 Å². The van der Waals surface area contributed by atoms with Crippen LogP contribution >= 0.6 is 0 Å². The van der Waals surface area contributed by atoms with Gasteiger partial charge in [0.15, 0.2) is 0 Å². The van der Waals surface area contributed by atoms with Crippen LogP contribution < -0.4 is 0 Å². The number of halogens is 2. The van der Waals surface area contributed by atoms with E-state index in [0.29, 0.717) is 11.1 Å². The number of benzene rings is 2. The molecule has 1 N–H and O–H groups in total. The van der Waals surface area contributed by atoms with E-state index in [4.69, 9.17) is 5.11 Å². The lowest BCUT2D eigenvalue weighted by Crippen LogP contribution is -1.98. The molecular formula is C14H10F2O2. The van der Waals surface area contributed by atoms with Crippen LogP contribution in [-0.4, -0.2) is 11.1 Å². The number of carboxylic acids is 1. The second-order valence-corrected chi connectivity index (χ2v) is 3.93. The molecule has 2 nitrogen and oxygen atoms in total. The lowest BCUT2D eigenvalue weighted by Gasteiger charge is -2.09. The molecule has 0 aliphatic heterocycles. The molecule has 0 fully saturated rings. The fourth-order valence-corrected chi connectivity index (χ4v) is 1.83. The zero-order chi connectivity index (χ0) is 13.3. The predicted molar refractivity (Wildman–Crippen MR) is 63.5 cm³/mol. The van der Waals surface area contributed by atoms with Crippen LogP contribution in [0.4, 0.5) is 8.78 Å². The molecule has 0 amide bonds. The summed E-state index contributed by atoms with van der Waals surface area (Å²) in [5, 5.41) is 8.83.